The Morgan fingerprint density at radius 1 is 1.16 bits per heavy atom. The van der Waals surface area contributed by atoms with Crippen LogP contribution in [0.2, 0.25) is 5.02 Å². The summed E-state index contributed by atoms with van der Waals surface area (Å²) in [5.74, 6) is -0.312. The van der Waals surface area contributed by atoms with E-state index in [1.807, 2.05) is 31.2 Å². The van der Waals surface area contributed by atoms with Crippen LogP contribution in [-0.2, 0) is 14.6 Å². The van der Waals surface area contributed by atoms with Crippen molar-refractivity contribution in [3.63, 3.8) is 0 Å². The Morgan fingerprint density at radius 2 is 1.76 bits per heavy atom. The maximum absolute atomic E-state index is 13.1. The summed E-state index contributed by atoms with van der Waals surface area (Å²) in [7, 11) is -3.60. The molecule has 0 spiro atoms. The van der Waals surface area contributed by atoms with Gasteiger partial charge >= 0.3 is 0 Å². The minimum absolute atomic E-state index is 0.196. The van der Waals surface area contributed by atoms with Gasteiger partial charge in [-0.15, -0.1) is 0 Å². The van der Waals surface area contributed by atoms with Gasteiger partial charge in [0.2, 0.25) is 0 Å². The standard InChI is InChI=1S/C18H19BrClNO3S/c1-2-24-11-18(21)16(12-3-5-13(19)6-4-12)17(18)25(22,23)15-9-7-14(20)8-10-15/h3-10,16-17H,2,11,21H2,1H3/t16-,17-,18+/m1/s1. The molecule has 3 atom stereocenters. The van der Waals surface area contributed by atoms with E-state index < -0.39 is 20.6 Å². The molecule has 0 radical (unpaired) electrons. The van der Waals surface area contributed by atoms with Crippen LogP contribution in [-0.4, -0.2) is 32.4 Å². The van der Waals surface area contributed by atoms with Crippen LogP contribution < -0.4 is 5.73 Å². The number of halogens is 2. The van der Waals surface area contributed by atoms with E-state index in [1.165, 1.54) is 12.1 Å². The number of nitrogens with two attached hydrogens (primary N) is 1. The molecular weight excluding hydrogens is 426 g/mol. The predicted molar refractivity (Wildman–Crippen MR) is 103 cm³/mol. The molecule has 1 saturated carbocycles. The molecule has 1 fully saturated rings. The van der Waals surface area contributed by atoms with Crippen molar-refractivity contribution in [3.8, 4) is 0 Å². The molecule has 134 valence electrons. The van der Waals surface area contributed by atoms with Crippen molar-refractivity contribution >= 4 is 37.4 Å². The highest BCUT2D eigenvalue weighted by Crippen LogP contribution is 2.55. The van der Waals surface area contributed by atoms with Gasteiger partial charge in [-0.3, -0.25) is 0 Å². The van der Waals surface area contributed by atoms with E-state index in [2.05, 4.69) is 15.9 Å². The van der Waals surface area contributed by atoms with E-state index in [1.54, 1.807) is 12.1 Å². The van der Waals surface area contributed by atoms with Crippen LogP contribution >= 0.6 is 27.5 Å². The Bertz CT molecular complexity index is 855. The van der Waals surface area contributed by atoms with Gasteiger partial charge in [-0.05, 0) is 48.9 Å². The third-order valence-electron chi connectivity index (χ3n) is 4.56. The normalized spacial score (nSPS) is 25.8. The van der Waals surface area contributed by atoms with Crippen LogP contribution in [0.15, 0.2) is 57.9 Å². The molecule has 0 unspecified atom stereocenters. The first kappa shape index (κ1) is 18.9. The van der Waals surface area contributed by atoms with Crippen molar-refractivity contribution in [1.82, 2.24) is 0 Å². The summed E-state index contributed by atoms with van der Waals surface area (Å²) in [6, 6.07) is 13.8. The SMILES string of the molecule is CCOC[C@]1(N)[C@H](c2ccc(Br)cc2)[C@H]1S(=O)(=O)c1ccc(Cl)cc1. The monoisotopic (exact) mass is 443 g/mol. The van der Waals surface area contributed by atoms with Crippen LogP contribution in [0.25, 0.3) is 0 Å². The van der Waals surface area contributed by atoms with Crippen molar-refractivity contribution in [1.29, 1.82) is 0 Å². The molecule has 2 N–H and O–H groups in total. The molecule has 7 heteroatoms. The smallest absolute Gasteiger partial charge is 0.183 e. The van der Waals surface area contributed by atoms with Gasteiger partial charge in [0.15, 0.2) is 9.84 Å². The van der Waals surface area contributed by atoms with Gasteiger partial charge < -0.3 is 10.5 Å². The number of hydrogen-bond donors (Lipinski definition) is 1. The summed E-state index contributed by atoms with van der Waals surface area (Å²) in [6.45, 7) is 2.55. The quantitative estimate of drug-likeness (QED) is 0.736. The fourth-order valence-corrected chi connectivity index (χ4v) is 5.95. The maximum atomic E-state index is 13.1. The van der Waals surface area contributed by atoms with Crippen molar-refractivity contribution in [2.45, 2.75) is 28.5 Å². The molecule has 2 aromatic rings. The summed E-state index contributed by atoms with van der Waals surface area (Å²) in [4.78, 5) is 0.229. The van der Waals surface area contributed by atoms with Gasteiger partial charge in [0.1, 0.15) is 0 Å². The molecule has 3 rings (SSSR count). The average molecular weight is 445 g/mol. The summed E-state index contributed by atoms with van der Waals surface area (Å²) in [5, 5.41) is -0.235. The molecule has 0 heterocycles. The second kappa shape index (κ2) is 7.00. The zero-order valence-corrected chi connectivity index (χ0v) is 16.8. The third-order valence-corrected chi connectivity index (χ3v) is 7.65. The highest BCUT2D eigenvalue weighted by molar-refractivity contribution is 9.10. The second-order valence-electron chi connectivity index (χ2n) is 6.20. The number of ether oxygens (including phenoxy) is 1. The van der Waals surface area contributed by atoms with E-state index in [0.717, 1.165) is 10.0 Å². The van der Waals surface area contributed by atoms with E-state index in [4.69, 9.17) is 22.1 Å². The fraction of sp³-hybridized carbons (Fsp3) is 0.333. The lowest BCUT2D eigenvalue weighted by Gasteiger charge is -2.12. The first-order chi connectivity index (χ1) is 11.8. The molecule has 1 aliphatic carbocycles. The zero-order chi connectivity index (χ0) is 18.2. The first-order valence-corrected chi connectivity index (χ1v) is 10.6. The topological polar surface area (TPSA) is 69.4 Å². The fourth-order valence-electron chi connectivity index (χ4n) is 3.27. The van der Waals surface area contributed by atoms with E-state index in [9.17, 15) is 8.42 Å². The van der Waals surface area contributed by atoms with Crippen LogP contribution in [0.1, 0.15) is 18.4 Å². The summed E-state index contributed by atoms with van der Waals surface area (Å²) < 4.78 is 32.7. The second-order valence-corrected chi connectivity index (χ2v) is 9.62. The number of sulfone groups is 1. The van der Waals surface area contributed by atoms with Crippen LogP contribution in [0, 0.1) is 0 Å². The third kappa shape index (κ3) is 3.51. The van der Waals surface area contributed by atoms with E-state index in [-0.39, 0.29) is 17.4 Å². The van der Waals surface area contributed by atoms with Crippen molar-refractivity contribution < 1.29 is 13.2 Å². The van der Waals surface area contributed by atoms with Crippen LogP contribution in [0.4, 0.5) is 0 Å². The van der Waals surface area contributed by atoms with Gasteiger partial charge in [-0.25, -0.2) is 8.42 Å². The van der Waals surface area contributed by atoms with E-state index in [0.29, 0.717) is 11.6 Å². The van der Waals surface area contributed by atoms with Gasteiger partial charge in [0.25, 0.3) is 0 Å². The number of benzene rings is 2. The van der Waals surface area contributed by atoms with Crippen molar-refractivity contribution in [3.05, 3.63) is 63.6 Å². The lowest BCUT2D eigenvalue weighted by molar-refractivity contribution is 0.125. The largest absolute Gasteiger partial charge is 0.380 e. The van der Waals surface area contributed by atoms with Gasteiger partial charge in [0, 0.05) is 22.0 Å². The summed E-state index contributed by atoms with van der Waals surface area (Å²) >= 11 is 9.27. The minimum atomic E-state index is -3.60. The Kier molecular flexibility index (Phi) is 5.28. The molecule has 2 aromatic carbocycles. The molecule has 0 saturated heterocycles. The molecule has 0 bridgehead atoms. The molecule has 0 aromatic heterocycles. The van der Waals surface area contributed by atoms with E-state index >= 15 is 0 Å². The van der Waals surface area contributed by atoms with Crippen molar-refractivity contribution in [2.75, 3.05) is 13.2 Å². The Hall–Kier alpha value is -0.920. The molecule has 0 aliphatic heterocycles. The highest BCUT2D eigenvalue weighted by atomic mass is 79.9. The van der Waals surface area contributed by atoms with Crippen LogP contribution in [0.3, 0.4) is 0 Å². The first-order valence-electron chi connectivity index (χ1n) is 7.92. The minimum Gasteiger partial charge on any atom is -0.380 e. The Morgan fingerprint density at radius 3 is 2.32 bits per heavy atom. The Balaban J connectivity index is 1.99. The highest BCUT2D eigenvalue weighted by Gasteiger charge is 2.69. The van der Waals surface area contributed by atoms with Crippen molar-refractivity contribution in [2.24, 2.45) is 5.73 Å². The predicted octanol–water partition coefficient (Wildman–Crippen LogP) is 3.78. The molecule has 4 nitrogen and oxygen atoms in total. The van der Waals surface area contributed by atoms with Gasteiger partial charge in [-0.2, -0.15) is 0 Å². The summed E-state index contributed by atoms with van der Waals surface area (Å²) in [5.41, 5.74) is 6.46. The van der Waals surface area contributed by atoms with Gasteiger partial charge in [0.05, 0.1) is 22.3 Å². The molecular formula is C18H19BrClNO3S. The Labute approximate surface area is 161 Å². The molecule has 1 aliphatic rings. The summed E-state index contributed by atoms with van der Waals surface area (Å²) in [6.07, 6.45) is 0. The zero-order valence-electron chi connectivity index (χ0n) is 13.7. The number of rotatable bonds is 6. The molecule has 0 amide bonds. The average Bonchev–Trinajstić information content (AvgIpc) is 3.21. The maximum Gasteiger partial charge on any atom is 0.183 e. The van der Waals surface area contributed by atoms with Crippen LogP contribution in [0.5, 0.6) is 0 Å². The molecule has 25 heavy (non-hydrogen) atoms. The lowest BCUT2D eigenvalue weighted by atomic mass is 10.1. The number of hydrogen-bond acceptors (Lipinski definition) is 4. The van der Waals surface area contributed by atoms with Gasteiger partial charge in [-0.1, -0.05) is 39.7 Å². The lowest BCUT2D eigenvalue weighted by Crippen LogP contribution is -2.36.